The van der Waals surface area contributed by atoms with E-state index in [1.165, 1.54) is 0 Å². The molecule has 0 amide bonds. The Morgan fingerprint density at radius 2 is 1.87 bits per heavy atom. The average molecular weight is 325 g/mol. The summed E-state index contributed by atoms with van der Waals surface area (Å²) in [5, 5.41) is 3.29. The molecule has 0 saturated carbocycles. The highest BCUT2D eigenvalue weighted by Crippen LogP contribution is 2.16. The lowest BCUT2D eigenvalue weighted by atomic mass is 10.2. The molecule has 0 saturated heterocycles. The number of hydrogen-bond donors (Lipinski definition) is 2. The molecule has 0 unspecified atom stereocenters. The summed E-state index contributed by atoms with van der Waals surface area (Å²) in [5.74, 6) is 1.83. The van der Waals surface area contributed by atoms with Crippen LogP contribution in [-0.4, -0.2) is 28.9 Å². The lowest BCUT2D eigenvalue weighted by Gasteiger charge is -2.01. The summed E-state index contributed by atoms with van der Waals surface area (Å²) < 4.78 is 0. The van der Waals surface area contributed by atoms with Crippen molar-refractivity contribution in [2.24, 2.45) is 4.99 Å². The van der Waals surface area contributed by atoms with Crippen molar-refractivity contribution in [2.45, 2.75) is 0 Å². The minimum Gasteiger partial charge on any atom is -0.368 e. The molecule has 0 atom stereocenters. The topological polar surface area (TPSA) is 53.1 Å². The second kappa shape index (κ2) is 6.67. The first-order valence-electron chi connectivity index (χ1n) is 7.40. The highest BCUT2D eigenvalue weighted by atomic mass is 35.5. The largest absolute Gasteiger partial charge is 0.368 e. The van der Waals surface area contributed by atoms with Gasteiger partial charge in [-0.2, -0.15) is 0 Å². The van der Waals surface area contributed by atoms with Gasteiger partial charge < -0.3 is 10.3 Å². The zero-order valence-electron chi connectivity index (χ0n) is 12.5. The van der Waals surface area contributed by atoms with E-state index in [-0.39, 0.29) is 12.4 Å². The summed E-state index contributed by atoms with van der Waals surface area (Å²) in [6.07, 6.45) is 4.06. The van der Waals surface area contributed by atoms with Crippen molar-refractivity contribution in [3.05, 3.63) is 65.5 Å². The zero-order chi connectivity index (χ0) is 14.8. The molecule has 2 aromatic carbocycles. The molecule has 2 heterocycles. The van der Waals surface area contributed by atoms with Crippen LogP contribution in [0.5, 0.6) is 0 Å². The molecular formula is C18H17ClN4. The van der Waals surface area contributed by atoms with Crippen LogP contribution in [0.2, 0.25) is 0 Å². The second-order valence-electron chi connectivity index (χ2n) is 5.26. The number of H-pyrrole nitrogens is 1. The van der Waals surface area contributed by atoms with Crippen molar-refractivity contribution in [1.29, 1.82) is 0 Å². The Balaban J connectivity index is 0.00000156. The van der Waals surface area contributed by atoms with E-state index >= 15 is 0 Å². The maximum atomic E-state index is 4.59. The van der Waals surface area contributed by atoms with Crippen molar-refractivity contribution in [2.75, 3.05) is 13.1 Å². The van der Waals surface area contributed by atoms with Gasteiger partial charge in [-0.3, -0.25) is 4.99 Å². The van der Waals surface area contributed by atoms with Gasteiger partial charge in [-0.25, -0.2) is 4.98 Å². The molecular weight excluding hydrogens is 308 g/mol. The van der Waals surface area contributed by atoms with Crippen LogP contribution in [0.3, 0.4) is 0 Å². The van der Waals surface area contributed by atoms with Gasteiger partial charge in [0.25, 0.3) is 0 Å². The standard InChI is InChI=1S/C18H16N4.ClH/c1-2-4-13(5-3-1)6-9-17-21-15-8-7-14(12-16(15)22-17)18-19-10-11-20-18;/h1-9,12H,10-11H2,(H,19,20)(H,21,22);1H/b9-6+;. The van der Waals surface area contributed by atoms with E-state index in [1.807, 2.05) is 30.3 Å². The summed E-state index contributed by atoms with van der Waals surface area (Å²) >= 11 is 0. The Labute approximate surface area is 140 Å². The number of halogens is 1. The van der Waals surface area contributed by atoms with Gasteiger partial charge >= 0.3 is 0 Å². The number of aromatic amines is 1. The van der Waals surface area contributed by atoms with Crippen LogP contribution in [0.25, 0.3) is 23.2 Å². The molecule has 3 aromatic rings. The van der Waals surface area contributed by atoms with Crippen molar-refractivity contribution in [1.82, 2.24) is 15.3 Å². The molecule has 23 heavy (non-hydrogen) atoms. The summed E-state index contributed by atoms with van der Waals surface area (Å²) in [5.41, 5.74) is 4.26. The fourth-order valence-electron chi connectivity index (χ4n) is 2.59. The number of imidazole rings is 1. The smallest absolute Gasteiger partial charge is 0.131 e. The Bertz CT molecular complexity index is 865. The fourth-order valence-corrected chi connectivity index (χ4v) is 2.59. The van der Waals surface area contributed by atoms with Gasteiger partial charge in [0.15, 0.2) is 0 Å². The lowest BCUT2D eigenvalue weighted by molar-refractivity contribution is 0.960. The van der Waals surface area contributed by atoms with Crippen LogP contribution < -0.4 is 5.32 Å². The number of fused-ring (bicyclic) bond motifs is 1. The van der Waals surface area contributed by atoms with Gasteiger partial charge in [-0.1, -0.05) is 36.4 Å². The Morgan fingerprint density at radius 1 is 1.00 bits per heavy atom. The summed E-state index contributed by atoms with van der Waals surface area (Å²) in [6, 6.07) is 16.4. The molecule has 1 aromatic heterocycles. The molecule has 0 spiro atoms. The normalized spacial score (nSPS) is 13.8. The van der Waals surface area contributed by atoms with E-state index in [9.17, 15) is 0 Å². The molecule has 5 heteroatoms. The van der Waals surface area contributed by atoms with E-state index in [1.54, 1.807) is 0 Å². The molecule has 0 fully saturated rings. The van der Waals surface area contributed by atoms with Crippen LogP contribution >= 0.6 is 12.4 Å². The zero-order valence-corrected chi connectivity index (χ0v) is 13.3. The van der Waals surface area contributed by atoms with Gasteiger partial charge in [-0.05, 0) is 29.8 Å². The third-order valence-corrected chi connectivity index (χ3v) is 3.68. The first-order chi connectivity index (χ1) is 10.9. The molecule has 1 aliphatic rings. The predicted molar refractivity (Wildman–Crippen MR) is 98.1 cm³/mol. The molecule has 0 bridgehead atoms. The van der Waals surface area contributed by atoms with Gasteiger partial charge in [0.05, 0.1) is 17.6 Å². The summed E-state index contributed by atoms with van der Waals surface area (Å²) in [6.45, 7) is 1.77. The highest BCUT2D eigenvalue weighted by Gasteiger charge is 2.09. The van der Waals surface area contributed by atoms with E-state index in [0.29, 0.717) is 0 Å². The number of amidine groups is 1. The predicted octanol–water partition coefficient (Wildman–Crippen LogP) is 3.50. The first-order valence-corrected chi connectivity index (χ1v) is 7.40. The third kappa shape index (κ3) is 3.27. The number of benzene rings is 2. The number of rotatable bonds is 3. The Hall–Kier alpha value is -2.59. The van der Waals surface area contributed by atoms with Crippen LogP contribution in [-0.2, 0) is 0 Å². The monoisotopic (exact) mass is 324 g/mol. The SMILES string of the molecule is C(=C\c1nc2ccc(C3=NCCN3)cc2[nH]1)/c1ccccc1.Cl. The summed E-state index contributed by atoms with van der Waals surface area (Å²) in [7, 11) is 0. The molecule has 4 rings (SSSR count). The number of aliphatic imine (C=N–C) groups is 1. The van der Waals surface area contributed by atoms with Crippen LogP contribution in [0.4, 0.5) is 0 Å². The minimum absolute atomic E-state index is 0. The third-order valence-electron chi connectivity index (χ3n) is 3.68. The van der Waals surface area contributed by atoms with Gasteiger partial charge in [-0.15, -0.1) is 12.4 Å². The maximum absolute atomic E-state index is 4.59. The van der Waals surface area contributed by atoms with E-state index < -0.39 is 0 Å². The van der Waals surface area contributed by atoms with Crippen LogP contribution in [0, 0.1) is 0 Å². The first kappa shape index (κ1) is 15.3. The molecule has 1 aliphatic heterocycles. The minimum atomic E-state index is 0. The van der Waals surface area contributed by atoms with Crippen molar-refractivity contribution in [3.63, 3.8) is 0 Å². The second-order valence-corrected chi connectivity index (χ2v) is 5.26. The summed E-state index contributed by atoms with van der Waals surface area (Å²) in [4.78, 5) is 12.4. The number of aromatic nitrogens is 2. The van der Waals surface area contributed by atoms with E-state index in [4.69, 9.17) is 0 Å². The lowest BCUT2D eigenvalue weighted by Crippen LogP contribution is -2.19. The number of hydrogen-bond acceptors (Lipinski definition) is 3. The molecule has 0 aliphatic carbocycles. The van der Waals surface area contributed by atoms with Gasteiger partial charge in [0, 0.05) is 12.1 Å². The van der Waals surface area contributed by atoms with E-state index in [0.717, 1.165) is 46.9 Å². The number of nitrogens with one attached hydrogen (secondary N) is 2. The quantitative estimate of drug-likeness (QED) is 0.774. The Kier molecular flexibility index (Phi) is 4.44. The molecule has 116 valence electrons. The van der Waals surface area contributed by atoms with Gasteiger partial charge in [0.2, 0.25) is 0 Å². The van der Waals surface area contributed by atoms with Gasteiger partial charge in [0.1, 0.15) is 11.7 Å². The van der Waals surface area contributed by atoms with E-state index in [2.05, 4.69) is 50.6 Å². The molecule has 4 nitrogen and oxygen atoms in total. The molecule has 0 radical (unpaired) electrons. The van der Waals surface area contributed by atoms with Crippen molar-refractivity contribution in [3.8, 4) is 0 Å². The average Bonchev–Trinajstić information content (AvgIpc) is 3.22. The fraction of sp³-hybridized carbons (Fsp3) is 0.111. The van der Waals surface area contributed by atoms with Crippen LogP contribution in [0.15, 0.2) is 53.5 Å². The Morgan fingerprint density at radius 3 is 2.65 bits per heavy atom. The maximum Gasteiger partial charge on any atom is 0.131 e. The van der Waals surface area contributed by atoms with Crippen molar-refractivity contribution >= 4 is 41.4 Å². The molecule has 2 N–H and O–H groups in total. The van der Waals surface area contributed by atoms with Crippen molar-refractivity contribution < 1.29 is 0 Å². The number of nitrogens with zero attached hydrogens (tertiary/aromatic N) is 2. The van der Waals surface area contributed by atoms with Crippen LogP contribution in [0.1, 0.15) is 17.0 Å². The highest BCUT2D eigenvalue weighted by molar-refractivity contribution is 6.02.